The van der Waals surface area contributed by atoms with Crippen LogP contribution in [0.2, 0.25) is 0 Å². The highest BCUT2D eigenvalue weighted by Crippen LogP contribution is 2.20. The van der Waals surface area contributed by atoms with Crippen molar-refractivity contribution in [3.05, 3.63) is 0 Å². The van der Waals surface area contributed by atoms with Crippen molar-refractivity contribution >= 4 is 5.91 Å². The normalized spacial score (nSPS) is 13.4. The molecule has 5 N–H and O–H groups in total. The number of amides is 1. The van der Waals surface area contributed by atoms with E-state index >= 15 is 0 Å². The maximum absolute atomic E-state index is 12.7. The van der Waals surface area contributed by atoms with Crippen LogP contribution >= 0.6 is 0 Å². The van der Waals surface area contributed by atoms with E-state index in [1.54, 1.807) is 0 Å². The molecule has 4 unspecified atom stereocenters. The minimum Gasteiger partial charge on any atom is -0.394 e. The zero-order valence-corrected chi connectivity index (χ0v) is 50.6. The first-order chi connectivity index (χ1) is 36.5. The molecule has 6 heteroatoms. The molecule has 0 aromatic carbocycles. The third kappa shape index (κ3) is 56.0. The number of nitrogens with one attached hydrogen (secondary N) is 1. The second-order valence-electron chi connectivity index (χ2n) is 24.2. The highest BCUT2D eigenvalue weighted by Gasteiger charge is 2.28. The van der Waals surface area contributed by atoms with Gasteiger partial charge in [-0.05, 0) is 12.8 Å². The molecule has 0 rings (SSSR count). The Labute approximate surface area is 464 Å². The number of aliphatic hydroxyl groups excluding tert-OH is 4. The van der Waals surface area contributed by atoms with Crippen LogP contribution in [0.5, 0.6) is 0 Å². The van der Waals surface area contributed by atoms with E-state index in [1.807, 2.05) is 0 Å². The van der Waals surface area contributed by atoms with Gasteiger partial charge in [-0.1, -0.05) is 386 Å². The summed E-state index contributed by atoms with van der Waals surface area (Å²) in [5, 5.41) is 44.2. The molecule has 0 fully saturated rings. The zero-order chi connectivity index (χ0) is 53.7. The molecule has 0 bridgehead atoms. The van der Waals surface area contributed by atoms with Gasteiger partial charge in [0, 0.05) is 0 Å². The van der Waals surface area contributed by atoms with Crippen molar-refractivity contribution < 1.29 is 25.2 Å². The maximum atomic E-state index is 12.7. The van der Waals surface area contributed by atoms with Crippen LogP contribution < -0.4 is 5.32 Å². The minimum atomic E-state index is -1.26. The van der Waals surface area contributed by atoms with Crippen molar-refractivity contribution in [3.63, 3.8) is 0 Å². The van der Waals surface area contributed by atoms with Crippen LogP contribution in [0.3, 0.4) is 0 Å². The predicted molar refractivity (Wildman–Crippen MR) is 325 cm³/mol. The van der Waals surface area contributed by atoms with Gasteiger partial charge >= 0.3 is 0 Å². The van der Waals surface area contributed by atoms with E-state index in [0.717, 1.165) is 38.5 Å². The average Bonchev–Trinajstić information content (AvgIpc) is 3.41. The molecule has 0 aromatic heterocycles. The molecule has 444 valence electrons. The van der Waals surface area contributed by atoms with Gasteiger partial charge in [0.1, 0.15) is 12.2 Å². The van der Waals surface area contributed by atoms with Gasteiger partial charge in [0.25, 0.3) is 0 Å². The van der Waals surface area contributed by atoms with Gasteiger partial charge in [-0.2, -0.15) is 0 Å². The van der Waals surface area contributed by atoms with Crippen molar-refractivity contribution in [3.8, 4) is 0 Å². The Balaban J connectivity index is 3.50. The second-order valence-corrected chi connectivity index (χ2v) is 24.2. The lowest BCUT2D eigenvalue weighted by Gasteiger charge is -2.27. The van der Waals surface area contributed by atoms with Crippen molar-refractivity contribution in [1.29, 1.82) is 0 Å². The summed E-state index contributed by atoms with van der Waals surface area (Å²) in [7, 11) is 0. The maximum Gasteiger partial charge on any atom is 0.249 e. The van der Waals surface area contributed by atoms with E-state index in [-0.39, 0.29) is 0 Å². The van der Waals surface area contributed by atoms with Crippen molar-refractivity contribution in [2.75, 3.05) is 6.61 Å². The van der Waals surface area contributed by atoms with Crippen LogP contribution in [0.1, 0.15) is 399 Å². The molecule has 0 aromatic rings. The smallest absolute Gasteiger partial charge is 0.249 e. The van der Waals surface area contributed by atoms with Crippen molar-refractivity contribution in [2.45, 2.75) is 423 Å². The molecule has 0 saturated carbocycles. The van der Waals surface area contributed by atoms with Crippen LogP contribution in [0, 0.1) is 0 Å². The number of rotatable bonds is 65. The molecule has 0 heterocycles. The average molecular weight is 1050 g/mol. The first-order valence-corrected chi connectivity index (χ1v) is 34.4. The molecule has 0 saturated heterocycles. The van der Waals surface area contributed by atoms with Gasteiger partial charge in [0.05, 0.1) is 18.8 Å². The fourth-order valence-electron chi connectivity index (χ4n) is 11.5. The number of hydrogen-bond acceptors (Lipinski definition) is 5. The highest BCUT2D eigenvalue weighted by molar-refractivity contribution is 5.80. The minimum absolute atomic E-state index is 0.377. The number of unbranched alkanes of at least 4 members (excludes halogenated alkanes) is 56. The largest absolute Gasteiger partial charge is 0.394 e. The monoisotopic (exact) mass is 1050 g/mol. The number of carbonyl (C=O) groups is 1. The van der Waals surface area contributed by atoms with Crippen LogP contribution in [-0.4, -0.2) is 57.3 Å². The predicted octanol–water partition coefficient (Wildman–Crippen LogP) is 21.0. The molecule has 0 spiro atoms. The molecule has 6 nitrogen and oxygen atoms in total. The Bertz CT molecular complexity index is 1040. The molecule has 0 radical (unpaired) electrons. The van der Waals surface area contributed by atoms with E-state index in [9.17, 15) is 25.2 Å². The number of hydrogen-bond donors (Lipinski definition) is 5. The highest BCUT2D eigenvalue weighted by atomic mass is 16.3. The molecule has 74 heavy (non-hydrogen) atoms. The van der Waals surface area contributed by atoms with Gasteiger partial charge in [-0.15, -0.1) is 0 Å². The van der Waals surface area contributed by atoms with E-state index in [2.05, 4.69) is 19.2 Å². The second kappa shape index (κ2) is 63.1. The number of aliphatic hydroxyl groups is 4. The van der Waals surface area contributed by atoms with E-state index in [4.69, 9.17) is 0 Å². The van der Waals surface area contributed by atoms with Gasteiger partial charge in [0.2, 0.25) is 5.91 Å². The lowest BCUT2D eigenvalue weighted by Crippen LogP contribution is -2.53. The summed E-state index contributed by atoms with van der Waals surface area (Å²) in [6, 6.07) is -0.982. The summed E-state index contributed by atoms with van der Waals surface area (Å²) < 4.78 is 0. The van der Waals surface area contributed by atoms with Crippen LogP contribution in [0.4, 0.5) is 0 Å². The Morgan fingerprint density at radius 3 is 0.649 bits per heavy atom. The van der Waals surface area contributed by atoms with Crippen LogP contribution in [0.25, 0.3) is 0 Å². The molecule has 1 amide bonds. The van der Waals surface area contributed by atoms with Crippen LogP contribution in [-0.2, 0) is 4.79 Å². The first-order valence-electron chi connectivity index (χ1n) is 34.4. The summed E-state index contributed by atoms with van der Waals surface area (Å²) in [6.45, 7) is 4.12. The Kier molecular flexibility index (Phi) is 62.6. The molecule has 4 atom stereocenters. The van der Waals surface area contributed by atoms with E-state index in [0.29, 0.717) is 12.8 Å². The van der Waals surface area contributed by atoms with E-state index in [1.165, 1.54) is 334 Å². The third-order valence-electron chi connectivity index (χ3n) is 16.8. The Morgan fingerprint density at radius 1 is 0.284 bits per heavy atom. The molecular weight excluding hydrogens is 911 g/mol. The fraction of sp³-hybridized carbons (Fsp3) is 0.985. The van der Waals surface area contributed by atoms with E-state index < -0.39 is 36.9 Å². The summed E-state index contributed by atoms with van der Waals surface area (Å²) in [6.07, 6.45) is 76.6. The van der Waals surface area contributed by atoms with Crippen molar-refractivity contribution in [2.24, 2.45) is 0 Å². The summed E-state index contributed by atoms with van der Waals surface area (Å²) >= 11 is 0. The fourth-order valence-corrected chi connectivity index (χ4v) is 11.5. The summed E-state index contributed by atoms with van der Waals surface area (Å²) in [5.41, 5.74) is 0. The molecule has 0 aliphatic heterocycles. The lowest BCUT2D eigenvalue weighted by molar-refractivity contribution is -0.132. The molecule has 0 aliphatic carbocycles. The van der Waals surface area contributed by atoms with Gasteiger partial charge < -0.3 is 25.7 Å². The Morgan fingerprint density at radius 2 is 0.459 bits per heavy atom. The quantitative estimate of drug-likeness (QED) is 0.0390. The topological polar surface area (TPSA) is 110 Å². The SMILES string of the molecule is CCCCCCCCCCCCCCCCCCCCCCCCCCCCCCCCCCCCC(O)C(=O)NC(CO)C(O)C(O)CCCCCCCCCCCCCCCCCCCCCCCCCC. The van der Waals surface area contributed by atoms with Gasteiger partial charge in [-0.3, -0.25) is 4.79 Å². The molecular formula is C68H137NO5. The lowest BCUT2D eigenvalue weighted by atomic mass is 9.99. The van der Waals surface area contributed by atoms with Crippen molar-refractivity contribution in [1.82, 2.24) is 5.32 Å². The van der Waals surface area contributed by atoms with Crippen LogP contribution in [0.15, 0.2) is 0 Å². The Hall–Kier alpha value is -0.690. The van der Waals surface area contributed by atoms with Gasteiger partial charge in [0.15, 0.2) is 0 Å². The van der Waals surface area contributed by atoms with Gasteiger partial charge in [-0.25, -0.2) is 0 Å². The zero-order valence-electron chi connectivity index (χ0n) is 50.6. The number of carbonyl (C=O) groups excluding carboxylic acids is 1. The first kappa shape index (κ1) is 73.3. The molecule has 0 aliphatic rings. The standard InChI is InChI=1S/C68H137NO5/c1-3-5-7-9-11-13-15-17-19-21-23-25-27-29-30-31-32-33-34-35-36-37-38-40-42-44-46-48-50-52-54-56-58-60-62-66(72)68(74)69-64(63-70)67(73)65(71)61-59-57-55-53-51-49-47-45-43-41-39-28-26-24-22-20-18-16-14-12-10-8-6-4-2/h64-67,70-73H,3-63H2,1-2H3,(H,69,74). The summed E-state index contributed by atoms with van der Waals surface area (Å²) in [5.74, 6) is -0.573. The third-order valence-corrected chi connectivity index (χ3v) is 16.8. The summed E-state index contributed by atoms with van der Waals surface area (Å²) in [4.78, 5) is 12.7.